The predicted octanol–water partition coefficient (Wildman–Crippen LogP) is 5.23. The number of fused-ring (bicyclic) bond motifs is 4. The van der Waals surface area contributed by atoms with Crippen LogP contribution in [-0.4, -0.2) is 41.9 Å². The summed E-state index contributed by atoms with van der Waals surface area (Å²) in [6.07, 6.45) is 4.42. The van der Waals surface area contributed by atoms with Crippen molar-refractivity contribution in [1.29, 1.82) is 0 Å². The number of allylic oxidation sites excluding steroid dienone is 2. The molecule has 7 rings (SSSR count). The second kappa shape index (κ2) is 12.0. The Morgan fingerprint density at radius 2 is 1.26 bits per heavy atom. The number of para-hydroxylation sites is 1. The summed E-state index contributed by atoms with van der Waals surface area (Å²) in [5.41, 5.74) is 4.97. The first-order chi connectivity index (χ1) is 22.4. The summed E-state index contributed by atoms with van der Waals surface area (Å²) in [6.45, 7) is 4.01. The van der Waals surface area contributed by atoms with Crippen LogP contribution in [0.4, 0.5) is 11.4 Å². The summed E-state index contributed by atoms with van der Waals surface area (Å²) in [4.78, 5) is 59.4. The minimum absolute atomic E-state index is 0.0759. The van der Waals surface area contributed by atoms with Crippen molar-refractivity contribution in [3.63, 3.8) is 0 Å². The van der Waals surface area contributed by atoms with Gasteiger partial charge in [-0.1, -0.05) is 68.0 Å². The molecule has 1 N–H and O–H groups in total. The monoisotopic (exact) mass is 618 g/mol. The van der Waals surface area contributed by atoms with E-state index in [1.807, 2.05) is 78.9 Å². The number of aliphatic hydroxyl groups is 1. The molecule has 0 radical (unpaired) electrons. The number of hydrogen-bond acceptors (Lipinski definition) is 6. The van der Waals surface area contributed by atoms with Gasteiger partial charge in [0.1, 0.15) is 12.4 Å². The van der Waals surface area contributed by atoms with Gasteiger partial charge in [0.25, 0.3) is 0 Å². The van der Waals surface area contributed by atoms with Crippen molar-refractivity contribution in [3.05, 3.63) is 101 Å². The summed E-state index contributed by atoms with van der Waals surface area (Å²) in [5, 5.41) is 9.53. The van der Waals surface area contributed by atoms with Gasteiger partial charge in [-0.05, 0) is 73.1 Å². The SMILES string of the molecule is CCc1ccc(N2C(=O)C3CC=C4C(CC5C(=O)N(c6ccc(CC)cc6)C(=O)C5C4c4ccccc4OCCO)C3C2=O)cc1. The zero-order valence-corrected chi connectivity index (χ0v) is 26.1. The van der Waals surface area contributed by atoms with Crippen LogP contribution in [0.5, 0.6) is 5.75 Å². The number of amides is 4. The van der Waals surface area contributed by atoms with Crippen molar-refractivity contribution in [3.8, 4) is 5.75 Å². The smallest absolute Gasteiger partial charge is 0.238 e. The van der Waals surface area contributed by atoms with E-state index in [2.05, 4.69) is 13.8 Å². The maximum Gasteiger partial charge on any atom is 0.238 e. The fourth-order valence-electron chi connectivity index (χ4n) is 8.23. The minimum atomic E-state index is -0.693. The van der Waals surface area contributed by atoms with Crippen LogP contribution in [0.3, 0.4) is 0 Å². The van der Waals surface area contributed by atoms with Crippen LogP contribution in [0, 0.1) is 29.6 Å². The number of benzene rings is 3. The Labute approximate surface area is 268 Å². The Balaban J connectivity index is 1.32. The number of aryl methyl sites for hydroxylation is 2. The van der Waals surface area contributed by atoms with Crippen LogP contribution in [-0.2, 0) is 32.0 Å². The van der Waals surface area contributed by atoms with E-state index in [0.29, 0.717) is 30.0 Å². The highest BCUT2D eigenvalue weighted by Crippen LogP contribution is 2.59. The van der Waals surface area contributed by atoms with Crippen LogP contribution in [0.15, 0.2) is 84.4 Å². The van der Waals surface area contributed by atoms with Crippen molar-refractivity contribution in [1.82, 2.24) is 0 Å². The van der Waals surface area contributed by atoms with Gasteiger partial charge in [0.05, 0.1) is 41.7 Å². The van der Waals surface area contributed by atoms with Gasteiger partial charge in [0.2, 0.25) is 23.6 Å². The second-order valence-electron chi connectivity index (χ2n) is 12.7. The van der Waals surface area contributed by atoms with E-state index in [1.54, 1.807) is 0 Å². The predicted molar refractivity (Wildman–Crippen MR) is 173 cm³/mol. The lowest BCUT2D eigenvalue weighted by Crippen LogP contribution is -2.43. The third kappa shape index (κ3) is 4.69. The lowest BCUT2D eigenvalue weighted by Gasteiger charge is -2.44. The van der Waals surface area contributed by atoms with Crippen LogP contribution in [0.1, 0.15) is 49.3 Å². The quantitative estimate of drug-likeness (QED) is 0.274. The Hall–Kier alpha value is -4.56. The summed E-state index contributed by atoms with van der Waals surface area (Å²) in [6, 6.07) is 22.5. The molecule has 4 aliphatic rings. The molecule has 2 aliphatic carbocycles. The lowest BCUT2D eigenvalue weighted by molar-refractivity contribution is -0.126. The first-order valence-corrected chi connectivity index (χ1v) is 16.3. The molecule has 46 heavy (non-hydrogen) atoms. The molecule has 3 fully saturated rings. The van der Waals surface area contributed by atoms with Gasteiger partial charge in [0.15, 0.2) is 0 Å². The number of aliphatic hydroxyl groups excluding tert-OH is 1. The molecule has 8 nitrogen and oxygen atoms in total. The third-order valence-corrected chi connectivity index (χ3v) is 10.5. The van der Waals surface area contributed by atoms with E-state index in [-0.39, 0.29) is 36.8 Å². The summed E-state index contributed by atoms with van der Waals surface area (Å²) in [5.74, 6) is -3.94. The average molecular weight is 619 g/mol. The summed E-state index contributed by atoms with van der Waals surface area (Å²) < 4.78 is 5.97. The average Bonchev–Trinajstić information content (AvgIpc) is 3.50. The number of hydrogen-bond donors (Lipinski definition) is 1. The fourth-order valence-corrected chi connectivity index (χ4v) is 8.23. The summed E-state index contributed by atoms with van der Waals surface area (Å²) >= 11 is 0. The maximum absolute atomic E-state index is 14.4. The Bertz CT molecular complexity index is 1730. The van der Waals surface area contributed by atoms with Crippen LogP contribution < -0.4 is 14.5 Å². The number of ether oxygens (including phenoxy) is 1. The third-order valence-electron chi connectivity index (χ3n) is 10.5. The molecule has 2 saturated heterocycles. The zero-order valence-electron chi connectivity index (χ0n) is 26.1. The van der Waals surface area contributed by atoms with E-state index < -0.39 is 35.5 Å². The van der Waals surface area contributed by atoms with E-state index >= 15 is 0 Å². The summed E-state index contributed by atoms with van der Waals surface area (Å²) in [7, 11) is 0. The first-order valence-electron chi connectivity index (χ1n) is 16.3. The van der Waals surface area contributed by atoms with Crippen molar-refractivity contribution in [2.24, 2.45) is 29.6 Å². The molecule has 6 unspecified atom stereocenters. The molecule has 3 aromatic rings. The van der Waals surface area contributed by atoms with Crippen LogP contribution in [0.25, 0.3) is 0 Å². The second-order valence-corrected chi connectivity index (χ2v) is 12.7. The molecular formula is C38H38N2O6. The Morgan fingerprint density at radius 3 is 1.85 bits per heavy atom. The van der Waals surface area contributed by atoms with Crippen molar-refractivity contribution >= 4 is 35.0 Å². The van der Waals surface area contributed by atoms with Crippen LogP contribution >= 0.6 is 0 Å². The van der Waals surface area contributed by atoms with Gasteiger partial charge in [-0.2, -0.15) is 0 Å². The van der Waals surface area contributed by atoms with Gasteiger partial charge in [-0.15, -0.1) is 0 Å². The zero-order chi connectivity index (χ0) is 32.1. The molecule has 2 heterocycles. The first kappa shape index (κ1) is 30.1. The maximum atomic E-state index is 14.4. The lowest BCUT2D eigenvalue weighted by atomic mass is 9.57. The number of imide groups is 2. The highest BCUT2D eigenvalue weighted by atomic mass is 16.5. The number of carbonyl (C=O) groups excluding carboxylic acids is 4. The molecule has 0 bridgehead atoms. The minimum Gasteiger partial charge on any atom is -0.491 e. The normalized spacial score (nSPS) is 27.0. The van der Waals surface area contributed by atoms with Gasteiger partial charge in [-0.25, -0.2) is 0 Å². The molecule has 2 aliphatic heterocycles. The molecule has 0 aromatic heterocycles. The molecule has 0 spiro atoms. The van der Waals surface area contributed by atoms with Gasteiger partial charge in [-0.3, -0.25) is 29.0 Å². The molecule has 236 valence electrons. The van der Waals surface area contributed by atoms with Gasteiger partial charge >= 0.3 is 0 Å². The van der Waals surface area contributed by atoms with Crippen molar-refractivity contribution in [2.45, 2.75) is 45.4 Å². The fraction of sp³-hybridized carbons (Fsp3) is 0.368. The van der Waals surface area contributed by atoms with Gasteiger partial charge < -0.3 is 9.84 Å². The highest BCUT2D eigenvalue weighted by molar-refractivity contribution is 6.24. The molecular weight excluding hydrogens is 580 g/mol. The number of nitrogens with zero attached hydrogens (tertiary/aromatic N) is 2. The molecule has 1 saturated carbocycles. The van der Waals surface area contributed by atoms with E-state index in [0.717, 1.165) is 35.1 Å². The van der Waals surface area contributed by atoms with Gasteiger partial charge in [0, 0.05) is 11.5 Å². The number of carbonyl (C=O) groups is 4. The standard InChI is InChI=1S/C38H38N2O6/c1-3-22-9-13-24(14-10-22)39-35(42)28-18-17-26-29(33(28)37(39)44)21-30-34(32(26)27-7-5-6-8-31(27)46-20-19-41)38(45)40(36(30)43)25-15-11-23(4-2)12-16-25/h5-17,28-30,32-34,41H,3-4,18-21H2,1-2H3. The van der Waals surface area contributed by atoms with E-state index in [1.165, 1.54) is 9.80 Å². The highest BCUT2D eigenvalue weighted by Gasteiger charge is 2.62. The van der Waals surface area contributed by atoms with E-state index in [9.17, 15) is 24.3 Å². The van der Waals surface area contributed by atoms with Crippen molar-refractivity contribution in [2.75, 3.05) is 23.0 Å². The number of rotatable bonds is 8. The Morgan fingerprint density at radius 1 is 0.696 bits per heavy atom. The molecule has 8 heteroatoms. The topological polar surface area (TPSA) is 104 Å². The largest absolute Gasteiger partial charge is 0.491 e. The molecule has 6 atom stereocenters. The Kier molecular flexibility index (Phi) is 7.85. The molecule has 3 aromatic carbocycles. The molecule has 4 amide bonds. The number of anilines is 2. The van der Waals surface area contributed by atoms with Crippen molar-refractivity contribution < 1.29 is 29.0 Å². The van der Waals surface area contributed by atoms with Crippen LogP contribution in [0.2, 0.25) is 0 Å². The van der Waals surface area contributed by atoms with E-state index in [4.69, 9.17) is 4.74 Å².